The Bertz CT molecular complexity index is 565. The van der Waals surface area contributed by atoms with E-state index in [-0.39, 0.29) is 17.7 Å². The van der Waals surface area contributed by atoms with Crippen LogP contribution >= 0.6 is 0 Å². The largest absolute Gasteiger partial charge is 0.384 e. The Balaban J connectivity index is 1.92. The molecule has 1 fully saturated rings. The number of nitrogens with one attached hydrogen (secondary N) is 1. The smallest absolute Gasteiger partial charge is 0.254 e. The van der Waals surface area contributed by atoms with E-state index in [1.807, 2.05) is 0 Å². The first-order valence-electron chi connectivity index (χ1n) is 8.77. The number of methoxy groups -OCH3 is 1. The second-order valence-corrected chi connectivity index (χ2v) is 6.65. The minimum Gasteiger partial charge on any atom is -0.384 e. The van der Waals surface area contributed by atoms with Gasteiger partial charge in [-0.1, -0.05) is 13.8 Å². The zero-order valence-electron chi connectivity index (χ0n) is 15.3. The van der Waals surface area contributed by atoms with Crippen LogP contribution in [0.15, 0.2) is 24.3 Å². The minimum absolute atomic E-state index is 0.0183. The Kier molecular flexibility index (Phi) is 7.40. The van der Waals surface area contributed by atoms with E-state index in [4.69, 9.17) is 9.47 Å². The highest BCUT2D eigenvalue weighted by Crippen LogP contribution is 2.12. The van der Waals surface area contributed by atoms with Gasteiger partial charge < -0.3 is 19.7 Å². The van der Waals surface area contributed by atoms with Crippen molar-refractivity contribution in [2.45, 2.75) is 13.8 Å². The summed E-state index contributed by atoms with van der Waals surface area (Å²) in [7, 11) is 1.67. The van der Waals surface area contributed by atoms with Gasteiger partial charge in [0.1, 0.15) is 0 Å². The van der Waals surface area contributed by atoms with Crippen molar-refractivity contribution in [3.05, 3.63) is 35.4 Å². The van der Waals surface area contributed by atoms with Crippen LogP contribution in [0.3, 0.4) is 0 Å². The molecule has 0 aromatic heterocycles. The van der Waals surface area contributed by atoms with Gasteiger partial charge in [0.2, 0.25) is 0 Å². The molecule has 1 aliphatic heterocycles. The summed E-state index contributed by atoms with van der Waals surface area (Å²) in [5, 5.41) is 2.95. The molecule has 1 atom stereocenters. The second kappa shape index (κ2) is 9.53. The molecule has 6 nitrogen and oxygen atoms in total. The van der Waals surface area contributed by atoms with Crippen molar-refractivity contribution in [3.63, 3.8) is 0 Å². The molecule has 1 aromatic carbocycles. The lowest BCUT2D eigenvalue weighted by Gasteiger charge is -2.26. The first-order chi connectivity index (χ1) is 12.0. The molecular formula is C19H28N2O4. The van der Waals surface area contributed by atoms with Crippen molar-refractivity contribution in [3.8, 4) is 0 Å². The third kappa shape index (κ3) is 5.54. The molecule has 0 radical (unpaired) electrons. The zero-order valence-corrected chi connectivity index (χ0v) is 15.3. The fourth-order valence-corrected chi connectivity index (χ4v) is 2.74. The summed E-state index contributed by atoms with van der Waals surface area (Å²) in [5.74, 6) is 0.548. The van der Waals surface area contributed by atoms with Crippen LogP contribution in [0, 0.1) is 11.8 Å². The van der Waals surface area contributed by atoms with E-state index in [0.29, 0.717) is 56.5 Å². The maximum absolute atomic E-state index is 12.4. The van der Waals surface area contributed by atoms with Crippen LogP contribution in [0.4, 0.5) is 0 Å². The molecule has 6 heteroatoms. The van der Waals surface area contributed by atoms with Gasteiger partial charge in [-0.25, -0.2) is 0 Å². The van der Waals surface area contributed by atoms with E-state index < -0.39 is 0 Å². The summed E-state index contributed by atoms with van der Waals surface area (Å²) in [6.07, 6.45) is 0. The van der Waals surface area contributed by atoms with Crippen LogP contribution in [0.5, 0.6) is 0 Å². The first-order valence-corrected chi connectivity index (χ1v) is 8.77. The minimum atomic E-state index is -0.132. The summed E-state index contributed by atoms with van der Waals surface area (Å²) in [6.45, 7) is 7.78. The van der Waals surface area contributed by atoms with E-state index in [1.165, 1.54) is 0 Å². The van der Waals surface area contributed by atoms with Crippen LogP contribution in [0.2, 0.25) is 0 Å². The molecule has 0 bridgehead atoms. The quantitative estimate of drug-likeness (QED) is 0.816. The molecule has 2 amide bonds. The van der Waals surface area contributed by atoms with Crippen molar-refractivity contribution < 1.29 is 19.1 Å². The third-order valence-electron chi connectivity index (χ3n) is 4.54. The molecule has 0 aliphatic carbocycles. The van der Waals surface area contributed by atoms with E-state index >= 15 is 0 Å². The van der Waals surface area contributed by atoms with Gasteiger partial charge in [-0.2, -0.15) is 0 Å². The van der Waals surface area contributed by atoms with Gasteiger partial charge in [0.25, 0.3) is 11.8 Å². The predicted octanol–water partition coefficient (Wildman–Crippen LogP) is 1.81. The molecule has 25 heavy (non-hydrogen) atoms. The number of morpholine rings is 1. The zero-order chi connectivity index (χ0) is 18.2. The van der Waals surface area contributed by atoms with Crippen molar-refractivity contribution in [2.24, 2.45) is 11.8 Å². The van der Waals surface area contributed by atoms with Crippen LogP contribution < -0.4 is 5.32 Å². The van der Waals surface area contributed by atoms with Gasteiger partial charge in [-0.3, -0.25) is 9.59 Å². The fourth-order valence-electron chi connectivity index (χ4n) is 2.74. The number of ether oxygens (including phenoxy) is 2. The van der Waals surface area contributed by atoms with Crippen LogP contribution in [-0.2, 0) is 9.47 Å². The molecule has 138 valence electrons. The highest BCUT2D eigenvalue weighted by molar-refractivity contribution is 5.97. The molecule has 0 spiro atoms. The van der Waals surface area contributed by atoms with Crippen LogP contribution in [-0.4, -0.2) is 63.3 Å². The van der Waals surface area contributed by atoms with Crippen molar-refractivity contribution in [2.75, 3.05) is 46.6 Å². The second-order valence-electron chi connectivity index (χ2n) is 6.65. The predicted molar refractivity (Wildman–Crippen MR) is 95.7 cm³/mol. The van der Waals surface area contributed by atoms with Crippen molar-refractivity contribution in [1.29, 1.82) is 0 Å². The number of carbonyl (C=O) groups excluding carboxylic acids is 2. The molecule has 1 aliphatic rings. The average molecular weight is 348 g/mol. The number of benzene rings is 1. The summed E-state index contributed by atoms with van der Waals surface area (Å²) >= 11 is 0. The van der Waals surface area contributed by atoms with Gasteiger partial charge in [0.15, 0.2) is 0 Å². The highest BCUT2D eigenvalue weighted by atomic mass is 16.5. The van der Waals surface area contributed by atoms with Gasteiger partial charge in [0.05, 0.1) is 19.8 Å². The Labute approximate surface area is 149 Å². The van der Waals surface area contributed by atoms with Gasteiger partial charge in [0, 0.05) is 43.8 Å². The van der Waals surface area contributed by atoms with Crippen LogP contribution in [0.1, 0.15) is 34.6 Å². The van der Waals surface area contributed by atoms with E-state index in [0.717, 1.165) is 0 Å². The molecular weight excluding hydrogens is 320 g/mol. The fraction of sp³-hybridized carbons (Fsp3) is 0.579. The molecule has 1 aromatic rings. The van der Waals surface area contributed by atoms with E-state index in [9.17, 15) is 9.59 Å². The average Bonchev–Trinajstić information content (AvgIpc) is 2.65. The molecule has 1 heterocycles. The lowest BCUT2D eigenvalue weighted by molar-refractivity contribution is 0.0303. The van der Waals surface area contributed by atoms with Gasteiger partial charge in [-0.05, 0) is 30.2 Å². The lowest BCUT2D eigenvalue weighted by Crippen LogP contribution is -2.40. The molecule has 2 rings (SSSR count). The van der Waals surface area contributed by atoms with Crippen molar-refractivity contribution in [1.82, 2.24) is 10.2 Å². The molecule has 1 N–H and O–H groups in total. The lowest BCUT2D eigenvalue weighted by atomic mass is 9.96. The number of rotatable bonds is 7. The molecule has 1 saturated heterocycles. The van der Waals surface area contributed by atoms with Gasteiger partial charge >= 0.3 is 0 Å². The Morgan fingerprint density at radius 1 is 1.16 bits per heavy atom. The molecule has 0 saturated carbocycles. The Morgan fingerprint density at radius 3 is 2.32 bits per heavy atom. The standard InChI is InChI=1S/C19H28N2O4/c1-14(2)17(13-24-3)12-20-18(22)15-4-6-16(7-5-15)19(23)21-8-10-25-11-9-21/h4-7,14,17H,8-13H2,1-3H3,(H,20,22). The first kappa shape index (κ1) is 19.4. The number of carbonyl (C=O) groups is 2. The van der Waals surface area contributed by atoms with Gasteiger partial charge in [-0.15, -0.1) is 0 Å². The maximum atomic E-state index is 12.4. The molecule has 1 unspecified atom stereocenters. The monoisotopic (exact) mass is 348 g/mol. The highest BCUT2D eigenvalue weighted by Gasteiger charge is 2.19. The Morgan fingerprint density at radius 2 is 1.76 bits per heavy atom. The maximum Gasteiger partial charge on any atom is 0.254 e. The number of hydrogen-bond acceptors (Lipinski definition) is 4. The Hall–Kier alpha value is -1.92. The van der Waals surface area contributed by atoms with Crippen molar-refractivity contribution >= 4 is 11.8 Å². The summed E-state index contributed by atoms with van der Waals surface area (Å²) in [5.41, 5.74) is 1.15. The number of nitrogens with zero attached hydrogens (tertiary/aromatic N) is 1. The van der Waals surface area contributed by atoms with E-state index in [1.54, 1.807) is 36.3 Å². The summed E-state index contributed by atoms with van der Waals surface area (Å²) in [6, 6.07) is 6.82. The number of hydrogen-bond donors (Lipinski definition) is 1. The van der Waals surface area contributed by atoms with Crippen LogP contribution in [0.25, 0.3) is 0 Å². The normalized spacial score (nSPS) is 15.9. The summed E-state index contributed by atoms with van der Waals surface area (Å²) in [4.78, 5) is 26.5. The summed E-state index contributed by atoms with van der Waals surface area (Å²) < 4.78 is 10.5. The van der Waals surface area contributed by atoms with E-state index in [2.05, 4.69) is 19.2 Å². The topological polar surface area (TPSA) is 67.9 Å². The SMILES string of the molecule is COCC(CNC(=O)c1ccc(C(=O)N2CCOCC2)cc1)C(C)C. The number of amides is 2. The third-order valence-corrected chi connectivity index (χ3v) is 4.54.